The van der Waals surface area contributed by atoms with Crippen LogP contribution in [0.4, 0.5) is 0 Å². The lowest BCUT2D eigenvalue weighted by molar-refractivity contribution is 0.103. The smallest absolute Gasteiger partial charge is 0.193 e. The zero-order valence-corrected chi connectivity index (χ0v) is 13.6. The minimum absolute atomic E-state index is 0.0809. The summed E-state index contributed by atoms with van der Waals surface area (Å²) in [5.74, 6) is 0.0809. The highest BCUT2D eigenvalue weighted by Gasteiger charge is 2.12. The predicted molar refractivity (Wildman–Crippen MR) is 91.0 cm³/mol. The number of halogens is 1. The summed E-state index contributed by atoms with van der Waals surface area (Å²) in [5.41, 5.74) is 3.71. The van der Waals surface area contributed by atoms with Gasteiger partial charge in [-0.2, -0.15) is 0 Å². The van der Waals surface area contributed by atoms with Gasteiger partial charge in [0, 0.05) is 15.6 Å². The van der Waals surface area contributed by atoms with Gasteiger partial charge in [0.05, 0.1) is 0 Å². The molecule has 0 atom stereocenters. The molecule has 0 aliphatic heterocycles. The average Bonchev–Trinajstić information content (AvgIpc) is 2.46. The van der Waals surface area contributed by atoms with E-state index in [-0.39, 0.29) is 5.78 Å². The van der Waals surface area contributed by atoms with Crippen LogP contribution < -0.4 is 0 Å². The SMILES string of the molecule is Cc1ccc(C(=O)c2ccc3cc(Br)ccc3c2)c(C)c1. The highest BCUT2D eigenvalue weighted by atomic mass is 79.9. The van der Waals surface area contributed by atoms with Crippen LogP contribution in [0.3, 0.4) is 0 Å². The summed E-state index contributed by atoms with van der Waals surface area (Å²) in [4.78, 5) is 12.7. The minimum atomic E-state index is 0.0809. The summed E-state index contributed by atoms with van der Waals surface area (Å²) in [6, 6.07) is 17.9. The van der Waals surface area contributed by atoms with Crippen molar-refractivity contribution >= 4 is 32.5 Å². The van der Waals surface area contributed by atoms with Gasteiger partial charge in [-0.15, -0.1) is 0 Å². The highest BCUT2D eigenvalue weighted by molar-refractivity contribution is 9.10. The number of fused-ring (bicyclic) bond motifs is 1. The van der Waals surface area contributed by atoms with E-state index in [0.29, 0.717) is 0 Å². The van der Waals surface area contributed by atoms with Gasteiger partial charge in [0.1, 0.15) is 0 Å². The van der Waals surface area contributed by atoms with E-state index in [0.717, 1.165) is 31.9 Å². The van der Waals surface area contributed by atoms with Gasteiger partial charge in [0.2, 0.25) is 0 Å². The zero-order chi connectivity index (χ0) is 15.0. The van der Waals surface area contributed by atoms with Crippen LogP contribution in [0.15, 0.2) is 59.1 Å². The number of ketones is 1. The lowest BCUT2D eigenvalue weighted by atomic mass is 9.96. The van der Waals surface area contributed by atoms with Crippen molar-refractivity contribution in [2.75, 3.05) is 0 Å². The van der Waals surface area contributed by atoms with Crippen molar-refractivity contribution < 1.29 is 4.79 Å². The van der Waals surface area contributed by atoms with Crippen LogP contribution in [0.25, 0.3) is 10.8 Å². The topological polar surface area (TPSA) is 17.1 Å². The summed E-state index contributed by atoms with van der Waals surface area (Å²) in [6.45, 7) is 4.02. The fourth-order valence-corrected chi connectivity index (χ4v) is 2.96. The Hall–Kier alpha value is -1.93. The van der Waals surface area contributed by atoms with Crippen LogP contribution in [0.1, 0.15) is 27.0 Å². The number of rotatable bonds is 2. The van der Waals surface area contributed by atoms with Gasteiger partial charge in [0.15, 0.2) is 5.78 Å². The molecule has 0 bridgehead atoms. The molecule has 0 radical (unpaired) electrons. The molecule has 21 heavy (non-hydrogen) atoms. The van der Waals surface area contributed by atoms with Crippen molar-refractivity contribution in [1.82, 2.24) is 0 Å². The molecule has 0 N–H and O–H groups in total. The third-order valence-corrected chi connectivity index (χ3v) is 4.18. The van der Waals surface area contributed by atoms with Crippen LogP contribution in [-0.4, -0.2) is 5.78 Å². The Balaban J connectivity index is 2.07. The zero-order valence-electron chi connectivity index (χ0n) is 12.0. The quantitative estimate of drug-likeness (QED) is 0.568. The molecule has 0 aliphatic carbocycles. The number of carbonyl (C=O) groups excluding carboxylic acids is 1. The predicted octanol–water partition coefficient (Wildman–Crippen LogP) is 5.45. The van der Waals surface area contributed by atoms with E-state index in [1.807, 2.05) is 62.4 Å². The number of hydrogen-bond acceptors (Lipinski definition) is 1. The number of aryl methyl sites for hydroxylation is 2. The van der Waals surface area contributed by atoms with Crippen LogP contribution in [0, 0.1) is 13.8 Å². The van der Waals surface area contributed by atoms with E-state index in [2.05, 4.69) is 22.0 Å². The number of hydrogen-bond donors (Lipinski definition) is 0. The fraction of sp³-hybridized carbons (Fsp3) is 0.105. The monoisotopic (exact) mass is 338 g/mol. The van der Waals surface area contributed by atoms with E-state index >= 15 is 0 Å². The maximum Gasteiger partial charge on any atom is 0.193 e. The second kappa shape index (κ2) is 5.45. The molecular formula is C19H15BrO. The molecule has 0 spiro atoms. The van der Waals surface area contributed by atoms with Crippen molar-refractivity contribution in [3.05, 3.63) is 81.3 Å². The van der Waals surface area contributed by atoms with Crippen LogP contribution >= 0.6 is 15.9 Å². The first-order valence-corrected chi connectivity index (χ1v) is 7.65. The van der Waals surface area contributed by atoms with Crippen molar-refractivity contribution in [2.24, 2.45) is 0 Å². The number of benzene rings is 3. The molecule has 0 amide bonds. The van der Waals surface area contributed by atoms with Gasteiger partial charge in [-0.05, 0) is 48.4 Å². The normalized spacial score (nSPS) is 10.8. The molecule has 0 unspecified atom stereocenters. The third-order valence-electron chi connectivity index (χ3n) is 3.69. The Labute approximate surface area is 132 Å². The average molecular weight is 339 g/mol. The van der Waals surface area contributed by atoms with E-state index in [9.17, 15) is 4.79 Å². The van der Waals surface area contributed by atoms with Crippen molar-refractivity contribution in [3.63, 3.8) is 0 Å². The summed E-state index contributed by atoms with van der Waals surface area (Å²) in [6.07, 6.45) is 0. The lowest BCUT2D eigenvalue weighted by Gasteiger charge is -2.07. The highest BCUT2D eigenvalue weighted by Crippen LogP contribution is 2.23. The minimum Gasteiger partial charge on any atom is -0.289 e. The largest absolute Gasteiger partial charge is 0.289 e. The summed E-state index contributed by atoms with van der Waals surface area (Å²) in [7, 11) is 0. The van der Waals surface area contributed by atoms with Crippen LogP contribution in [0.5, 0.6) is 0 Å². The Bertz CT molecular complexity index is 849. The Kier molecular flexibility index (Phi) is 3.64. The second-order valence-electron chi connectivity index (χ2n) is 5.35. The molecule has 0 saturated heterocycles. The van der Waals surface area contributed by atoms with E-state index in [1.54, 1.807) is 0 Å². The van der Waals surface area contributed by atoms with Crippen LogP contribution in [0.2, 0.25) is 0 Å². The van der Waals surface area contributed by atoms with Gasteiger partial charge < -0.3 is 0 Å². The standard InChI is InChI=1S/C19H15BrO/c1-12-3-8-18(13(2)9-12)19(21)16-5-4-15-11-17(20)7-6-14(15)10-16/h3-11H,1-2H3. The lowest BCUT2D eigenvalue weighted by Crippen LogP contribution is -2.03. The maximum atomic E-state index is 12.7. The van der Waals surface area contributed by atoms with E-state index in [1.165, 1.54) is 5.56 Å². The molecule has 3 aromatic carbocycles. The first kappa shape index (κ1) is 14.0. The maximum absolute atomic E-state index is 12.7. The second-order valence-corrected chi connectivity index (χ2v) is 6.27. The van der Waals surface area contributed by atoms with Gasteiger partial charge >= 0.3 is 0 Å². The molecular weight excluding hydrogens is 324 g/mol. The summed E-state index contributed by atoms with van der Waals surface area (Å²) >= 11 is 3.47. The van der Waals surface area contributed by atoms with Crippen molar-refractivity contribution in [2.45, 2.75) is 13.8 Å². The first-order valence-electron chi connectivity index (χ1n) is 6.86. The van der Waals surface area contributed by atoms with Crippen molar-refractivity contribution in [1.29, 1.82) is 0 Å². The fourth-order valence-electron chi connectivity index (χ4n) is 2.58. The molecule has 0 aromatic heterocycles. The van der Waals surface area contributed by atoms with Gasteiger partial charge in [-0.25, -0.2) is 0 Å². The Morgan fingerprint density at radius 2 is 1.57 bits per heavy atom. The third kappa shape index (κ3) is 2.77. The van der Waals surface area contributed by atoms with E-state index < -0.39 is 0 Å². The van der Waals surface area contributed by atoms with Crippen LogP contribution in [-0.2, 0) is 0 Å². The molecule has 0 aliphatic rings. The molecule has 3 aromatic rings. The van der Waals surface area contributed by atoms with Gasteiger partial charge in [-0.3, -0.25) is 4.79 Å². The summed E-state index contributed by atoms with van der Waals surface area (Å²) in [5, 5.41) is 2.20. The summed E-state index contributed by atoms with van der Waals surface area (Å²) < 4.78 is 1.04. The molecule has 104 valence electrons. The van der Waals surface area contributed by atoms with Gasteiger partial charge in [-0.1, -0.05) is 57.9 Å². The molecule has 3 rings (SSSR count). The number of carbonyl (C=O) groups is 1. The molecule has 0 fully saturated rings. The molecule has 0 saturated carbocycles. The van der Waals surface area contributed by atoms with Gasteiger partial charge in [0.25, 0.3) is 0 Å². The Morgan fingerprint density at radius 3 is 2.33 bits per heavy atom. The molecule has 1 nitrogen and oxygen atoms in total. The van der Waals surface area contributed by atoms with Crippen molar-refractivity contribution in [3.8, 4) is 0 Å². The Morgan fingerprint density at radius 1 is 0.857 bits per heavy atom. The van der Waals surface area contributed by atoms with E-state index in [4.69, 9.17) is 0 Å². The molecule has 0 heterocycles. The first-order chi connectivity index (χ1) is 10.0. The molecule has 2 heteroatoms.